The van der Waals surface area contributed by atoms with E-state index in [4.69, 9.17) is 0 Å². The number of rotatable bonds is 3. The summed E-state index contributed by atoms with van der Waals surface area (Å²) in [6.45, 7) is 1.28. The Morgan fingerprint density at radius 3 is 1.89 bits per heavy atom. The predicted octanol–water partition coefficient (Wildman–Crippen LogP) is 3.37. The largest absolute Gasteiger partial charge is 0.416 e. The summed E-state index contributed by atoms with van der Waals surface area (Å²) in [4.78, 5) is 28.0. The van der Waals surface area contributed by atoms with Crippen LogP contribution < -0.4 is 0 Å². The van der Waals surface area contributed by atoms with Gasteiger partial charge in [0.15, 0.2) is 0 Å². The molecule has 148 valence electrons. The van der Waals surface area contributed by atoms with Crippen LogP contribution in [0.2, 0.25) is 0 Å². The van der Waals surface area contributed by atoms with Gasteiger partial charge in [-0.15, -0.1) is 0 Å². The molecule has 2 aromatic carbocycles. The van der Waals surface area contributed by atoms with Crippen molar-refractivity contribution in [2.75, 3.05) is 26.2 Å². The summed E-state index contributed by atoms with van der Waals surface area (Å²) in [7, 11) is 0. The molecule has 1 aliphatic rings. The number of amides is 2. The monoisotopic (exact) mass is 394 g/mol. The van der Waals surface area contributed by atoms with E-state index >= 15 is 0 Å². The Morgan fingerprint density at radius 2 is 1.36 bits per heavy atom. The maximum Gasteiger partial charge on any atom is 0.416 e. The third-order valence-corrected chi connectivity index (χ3v) is 4.65. The van der Waals surface area contributed by atoms with Crippen molar-refractivity contribution in [3.63, 3.8) is 0 Å². The number of carbonyl (C=O) groups is 2. The third kappa shape index (κ3) is 4.68. The van der Waals surface area contributed by atoms with Crippen molar-refractivity contribution in [1.82, 2.24) is 9.80 Å². The average Bonchev–Trinajstić information content (AvgIpc) is 2.69. The van der Waals surface area contributed by atoms with Gasteiger partial charge in [0, 0.05) is 31.7 Å². The Bertz CT molecular complexity index is 840. The lowest BCUT2D eigenvalue weighted by molar-refractivity contribution is -0.137. The van der Waals surface area contributed by atoms with Gasteiger partial charge in [-0.2, -0.15) is 13.2 Å². The molecule has 0 radical (unpaired) electrons. The highest BCUT2D eigenvalue weighted by Crippen LogP contribution is 2.29. The van der Waals surface area contributed by atoms with E-state index in [1.165, 1.54) is 17.0 Å². The Labute approximate surface area is 159 Å². The molecule has 0 atom stereocenters. The van der Waals surface area contributed by atoms with Crippen molar-refractivity contribution in [2.45, 2.75) is 12.6 Å². The molecule has 0 aliphatic carbocycles. The molecule has 3 rings (SSSR count). The normalized spacial score (nSPS) is 14.9. The molecule has 1 heterocycles. The van der Waals surface area contributed by atoms with E-state index in [9.17, 15) is 27.2 Å². The number of alkyl halides is 3. The van der Waals surface area contributed by atoms with Crippen molar-refractivity contribution < 1.29 is 27.2 Å². The van der Waals surface area contributed by atoms with Crippen LogP contribution in [-0.4, -0.2) is 47.8 Å². The highest BCUT2D eigenvalue weighted by Gasteiger charge is 2.31. The van der Waals surface area contributed by atoms with Crippen LogP contribution in [0.5, 0.6) is 0 Å². The fourth-order valence-corrected chi connectivity index (χ4v) is 3.03. The first-order valence-corrected chi connectivity index (χ1v) is 8.73. The molecular formula is C20H18F4N2O2. The highest BCUT2D eigenvalue weighted by molar-refractivity contribution is 5.94. The summed E-state index contributed by atoms with van der Waals surface area (Å²) >= 11 is 0. The Hall–Kier alpha value is -2.90. The zero-order valence-corrected chi connectivity index (χ0v) is 14.9. The molecule has 0 unspecified atom stereocenters. The van der Waals surface area contributed by atoms with Gasteiger partial charge in [-0.3, -0.25) is 9.59 Å². The standard InChI is InChI=1S/C20H18F4N2O2/c21-17-7-1-14(2-8-17)13-18(27)25-9-11-26(12-10-25)19(28)15-3-5-16(6-4-15)20(22,23)24/h1-8H,9-13H2. The van der Waals surface area contributed by atoms with Gasteiger partial charge < -0.3 is 9.80 Å². The highest BCUT2D eigenvalue weighted by atomic mass is 19.4. The van der Waals surface area contributed by atoms with Crippen LogP contribution in [0.1, 0.15) is 21.5 Å². The van der Waals surface area contributed by atoms with Crippen LogP contribution in [0.25, 0.3) is 0 Å². The first-order valence-electron chi connectivity index (χ1n) is 8.73. The third-order valence-electron chi connectivity index (χ3n) is 4.65. The summed E-state index contributed by atoms with van der Waals surface area (Å²) in [5, 5.41) is 0. The maximum atomic E-state index is 12.9. The van der Waals surface area contributed by atoms with Gasteiger partial charge in [0.05, 0.1) is 12.0 Å². The molecule has 2 amide bonds. The second kappa shape index (κ2) is 8.00. The van der Waals surface area contributed by atoms with Crippen LogP contribution in [0, 0.1) is 5.82 Å². The summed E-state index contributed by atoms with van der Waals surface area (Å²) < 4.78 is 50.8. The van der Waals surface area contributed by atoms with Gasteiger partial charge in [0.2, 0.25) is 5.91 Å². The molecule has 1 saturated heterocycles. The predicted molar refractivity (Wildman–Crippen MR) is 94.0 cm³/mol. The number of piperazine rings is 1. The quantitative estimate of drug-likeness (QED) is 0.749. The molecule has 0 bridgehead atoms. The Kier molecular flexibility index (Phi) is 5.67. The second-order valence-corrected chi connectivity index (χ2v) is 6.55. The van der Waals surface area contributed by atoms with E-state index in [1.807, 2.05) is 0 Å². The van der Waals surface area contributed by atoms with E-state index in [1.54, 1.807) is 17.0 Å². The molecule has 0 aromatic heterocycles. The second-order valence-electron chi connectivity index (χ2n) is 6.55. The lowest BCUT2D eigenvalue weighted by Gasteiger charge is -2.35. The zero-order chi connectivity index (χ0) is 20.3. The van der Waals surface area contributed by atoms with Crippen molar-refractivity contribution in [1.29, 1.82) is 0 Å². The lowest BCUT2D eigenvalue weighted by atomic mass is 10.1. The van der Waals surface area contributed by atoms with E-state index in [0.717, 1.165) is 24.3 Å². The topological polar surface area (TPSA) is 40.6 Å². The van der Waals surface area contributed by atoms with Crippen molar-refractivity contribution in [2.24, 2.45) is 0 Å². The zero-order valence-electron chi connectivity index (χ0n) is 14.9. The fraction of sp³-hybridized carbons (Fsp3) is 0.300. The number of hydrogen-bond donors (Lipinski definition) is 0. The number of carbonyl (C=O) groups excluding carboxylic acids is 2. The van der Waals surface area contributed by atoms with Crippen LogP contribution >= 0.6 is 0 Å². The first-order chi connectivity index (χ1) is 13.2. The maximum absolute atomic E-state index is 12.9. The fourth-order valence-electron chi connectivity index (χ4n) is 3.03. The van der Waals surface area contributed by atoms with Crippen molar-refractivity contribution in [3.8, 4) is 0 Å². The minimum atomic E-state index is -4.45. The average molecular weight is 394 g/mol. The molecule has 1 aliphatic heterocycles. The van der Waals surface area contributed by atoms with Crippen LogP contribution in [-0.2, 0) is 17.4 Å². The molecular weight excluding hydrogens is 376 g/mol. The van der Waals surface area contributed by atoms with E-state index in [-0.39, 0.29) is 29.6 Å². The number of halogens is 4. The lowest BCUT2D eigenvalue weighted by Crippen LogP contribution is -2.51. The molecule has 2 aromatic rings. The number of benzene rings is 2. The minimum absolute atomic E-state index is 0.117. The number of hydrogen-bond acceptors (Lipinski definition) is 2. The van der Waals surface area contributed by atoms with E-state index < -0.39 is 11.7 Å². The molecule has 0 saturated carbocycles. The summed E-state index contributed by atoms with van der Waals surface area (Å²) in [5.41, 5.74) is 0.0778. The smallest absolute Gasteiger partial charge is 0.339 e. The van der Waals surface area contributed by atoms with Gasteiger partial charge in [0.1, 0.15) is 5.82 Å². The van der Waals surface area contributed by atoms with Crippen molar-refractivity contribution in [3.05, 3.63) is 71.0 Å². The van der Waals surface area contributed by atoms with E-state index in [2.05, 4.69) is 0 Å². The molecule has 0 spiro atoms. The first kappa shape index (κ1) is 19.9. The van der Waals surface area contributed by atoms with Gasteiger partial charge in [-0.25, -0.2) is 4.39 Å². The Morgan fingerprint density at radius 1 is 0.821 bits per heavy atom. The molecule has 28 heavy (non-hydrogen) atoms. The van der Waals surface area contributed by atoms with Crippen molar-refractivity contribution >= 4 is 11.8 Å². The molecule has 8 heteroatoms. The summed E-state index contributed by atoms with van der Waals surface area (Å²) in [6, 6.07) is 9.79. The minimum Gasteiger partial charge on any atom is -0.339 e. The molecule has 0 N–H and O–H groups in total. The van der Waals surface area contributed by atoms with Gasteiger partial charge in [-0.1, -0.05) is 12.1 Å². The van der Waals surface area contributed by atoms with Gasteiger partial charge >= 0.3 is 6.18 Å². The van der Waals surface area contributed by atoms with Gasteiger partial charge in [-0.05, 0) is 42.0 Å². The summed E-state index contributed by atoms with van der Waals surface area (Å²) in [5.74, 6) is -0.848. The Balaban J connectivity index is 1.55. The summed E-state index contributed by atoms with van der Waals surface area (Å²) in [6.07, 6.45) is -4.30. The number of nitrogens with zero attached hydrogens (tertiary/aromatic N) is 2. The van der Waals surface area contributed by atoms with Gasteiger partial charge in [0.25, 0.3) is 5.91 Å². The molecule has 1 fully saturated rings. The van der Waals surface area contributed by atoms with Crippen LogP contribution in [0.15, 0.2) is 48.5 Å². The van der Waals surface area contributed by atoms with Crippen LogP contribution in [0.4, 0.5) is 17.6 Å². The van der Waals surface area contributed by atoms with E-state index in [0.29, 0.717) is 31.7 Å². The molecule has 4 nitrogen and oxygen atoms in total. The van der Waals surface area contributed by atoms with Crippen LogP contribution in [0.3, 0.4) is 0 Å². The SMILES string of the molecule is O=C(Cc1ccc(F)cc1)N1CCN(C(=O)c2ccc(C(F)(F)F)cc2)CC1.